The molecule has 0 radical (unpaired) electrons. The first-order valence-electron chi connectivity index (χ1n) is 6.32. The molecule has 0 aliphatic rings. The van der Waals surface area contributed by atoms with Crippen LogP contribution in [0, 0.1) is 11.6 Å². The highest BCUT2D eigenvalue weighted by atomic mass is 32.2. The molecule has 0 spiro atoms. The van der Waals surface area contributed by atoms with E-state index in [-0.39, 0.29) is 16.9 Å². The van der Waals surface area contributed by atoms with Gasteiger partial charge in [-0.3, -0.25) is 4.79 Å². The Morgan fingerprint density at radius 3 is 2.32 bits per heavy atom. The largest absolute Gasteiger partial charge is 0.463 e. The Hall–Kier alpha value is -2.21. The van der Waals surface area contributed by atoms with Crippen molar-refractivity contribution in [1.29, 1.82) is 0 Å². The van der Waals surface area contributed by atoms with Gasteiger partial charge in [0.1, 0.15) is 11.6 Å². The highest BCUT2D eigenvalue weighted by molar-refractivity contribution is 7.98. The van der Waals surface area contributed by atoms with Gasteiger partial charge in [0, 0.05) is 21.8 Å². The number of thioether (sulfide) groups is 1. The summed E-state index contributed by atoms with van der Waals surface area (Å²) in [5.74, 6) is -3.07. The smallest absolute Gasteiger partial charge is 0.379 e. The van der Waals surface area contributed by atoms with E-state index >= 15 is 0 Å². The first-order valence-corrected chi connectivity index (χ1v) is 7.30. The number of methoxy groups -OCH3 is 1. The Bertz CT molecular complexity index is 696. The minimum absolute atomic E-state index is 0.00394. The Labute approximate surface area is 130 Å². The maximum Gasteiger partial charge on any atom is 0.379 e. The molecule has 0 amide bonds. The van der Waals surface area contributed by atoms with Crippen molar-refractivity contribution in [3.8, 4) is 0 Å². The Balaban J connectivity index is 2.24. The van der Waals surface area contributed by atoms with E-state index < -0.39 is 23.4 Å². The van der Waals surface area contributed by atoms with Crippen molar-refractivity contribution < 1.29 is 23.1 Å². The van der Waals surface area contributed by atoms with Crippen LogP contribution in [0.3, 0.4) is 0 Å². The van der Waals surface area contributed by atoms with Gasteiger partial charge >= 0.3 is 5.97 Å². The monoisotopic (exact) mass is 322 g/mol. The third-order valence-corrected chi connectivity index (χ3v) is 4.04. The molecule has 6 heteroatoms. The number of rotatable bonds is 5. The van der Waals surface area contributed by atoms with Crippen molar-refractivity contribution in [3.05, 3.63) is 65.2 Å². The van der Waals surface area contributed by atoms with Crippen LogP contribution in [0.15, 0.2) is 47.4 Å². The summed E-state index contributed by atoms with van der Waals surface area (Å²) < 4.78 is 31.6. The molecule has 0 saturated heterocycles. The summed E-state index contributed by atoms with van der Waals surface area (Å²) in [5, 5.41) is 0. The van der Waals surface area contributed by atoms with Crippen molar-refractivity contribution in [2.24, 2.45) is 0 Å². The molecule has 0 atom stereocenters. The van der Waals surface area contributed by atoms with E-state index in [9.17, 15) is 18.4 Å². The highest BCUT2D eigenvalue weighted by Crippen LogP contribution is 2.28. The molecule has 2 rings (SSSR count). The number of ether oxygens (including phenoxy) is 1. The average molecular weight is 322 g/mol. The van der Waals surface area contributed by atoms with E-state index in [1.54, 1.807) is 18.2 Å². The lowest BCUT2D eigenvalue weighted by Crippen LogP contribution is -2.16. The van der Waals surface area contributed by atoms with Crippen molar-refractivity contribution in [2.75, 3.05) is 7.11 Å². The predicted molar refractivity (Wildman–Crippen MR) is 78.7 cm³/mol. The highest BCUT2D eigenvalue weighted by Gasteiger charge is 2.20. The van der Waals surface area contributed by atoms with Crippen LogP contribution in [0.4, 0.5) is 8.78 Å². The van der Waals surface area contributed by atoms with Crippen LogP contribution in [0.25, 0.3) is 0 Å². The van der Waals surface area contributed by atoms with Gasteiger partial charge in [0.05, 0.1) is 7.11 Å². The van der Waals surface area contributed by atoms with E-state index in [0.29, 0.717) is 4.90 Å². The van der Waals surface area contributed by atoms with Gasteiger partial charge in [-0.15, -0.1) is 11.8 Å². The number of ketones is 1. The molecule has 2 aromatic rings. The van der Waals surface area contributed by atoms with Gasteiger partial charge in [0.15, 0.2) is 0 Å². The van der Waals surface area contributed by atoms with Crippen molar-refractivity contribution >= 4 is 23.5 Å². The molecule has 3 nitrogen and oxygen atoms in total. The second kappa shape index (κ2) is 7.17. The van der Waals surface area contributed by atoms with E-state index in [4.69, 9.17) is 0 Å². The molecule has 0 heterocycles. The van der Waals surface area contributed by atoms with Gasteiger partial charge in [-0.25, -0.2) is 13.6 Å². The number of hydrogen-bond acceptors (Lipinski definition) is 4. The number of hydrogen-bond donors (Lipinski definition) is 0. The first-order chi connectivity index (χ1) is 10.5. The maximum absolute atomic E-state index is 13.6. The standard InChI is InChI=1S/C16H12F2O3S/c1-21-16(20)15(19)10-5-2-3-8-14(10)22-9-11-12(17)6-4-7-13(11)18/h2-8H,9H2,1H3. The topological polar surface area (TPSA) is 43.4 Å². The Morgan fingerprint density at radius 1 is 1.05 bits per heavy atom. The average Bonchev–Trinajstić information content (AvgIpc) is 2.53. The molecule has 22 heavy (non-hydrogen) atoms. The van der Waals surface area contributed by atoms with Gasteiger partial charge in [-0.2, -0.15) is 0 Å². The summed E-state index contributed by atoms with van der Waals surface area (Å²) in [4.78, 5) is 23.7. The third-order valence-electron chi connectivity index (χ3n) is 2.94. The number of carbonyl (C=O) groups is 2. The molecule has 0 fully saturated rings. The maximum atomic E-state index is 13.6. The lowest BCUT2D eigenvalue weighted by molar-refractivity contribution is -0.135. The first kappa shape index (κ1) is 16.2. The lowest BCUT2D eigenvalue weighted by Gasteiger charge is -2.08. The van der Waals surface area contributed by atoms with Crippen LogP contribution in [0.2, 0.25) is 0 Å². The molecule has 2 aromatic carbocycles. The van der Waals surface area contributed by atoms with E-state index in [1.807, 2.05) is 0 Å². The van der Waals surface area contributed by atoms with Crippen molar-refractivity contribution in [1.82, 2.24) is 0 Å². The van der Waals surface area contributed by atoms with Crippen LogP contribution in [-0.2, 0) is 15.3 Å². The van der Waals surface area contributed by atoms with Crippen LogP contribution >= 0.6 is 11.8 Å². The van der Waals surface area contributed by atoms with Crippen molar-refractivity contribution in [2.45, 2.75) is 10.6 Å². The molecule has 0 bridgehead atoms. The predicted octanol–water partition coefficient (Wildman–Crippen LogP) is 3.61. The number of benzene rings is 2. The normalized spacial score (nSPS) is 10.3. The van der Waals surface area contributed by atoms with Gasteiger partial charge in [0.2, 0.25) is 0 Å². The molecule has 0 saturated carbocycles. The van der Waals surface area contributed by atoms with Gasteiger partial charge in [-0.05, 0) is 24.3 Å². The SMILES string of the molecule is COC(=O)C(=O)c1ccccc1SCc1c(F)cccc1F. The second-order valence-electron chi connectivity index (χ2n) is 4.31. The Morgan fingerprint density at radius 2 is 1.68 bits per heavy atom. The number of carbonyl (C=O) groups excluding carboxylic acids is 2. The molecule has 114 valence electrons. The minimum atomic E-state index is -0.981. The number of Topliss-reactive ketones (excluding diaryl/α,β-unsaturated/α-hetero) is 1. The quantitative estimate of drug-likeness (QED) is 0.365. The summed E-state index contributed by atoms with van der Waals surface area (Å²) in [6.07, 6.45) is 0. The molecule has 0 N–H and O–H groups in total. The fourth-order valence-electron chi connectivity index (χ4n) is 1.80. The second-order valence-corrected chi connectivity index (χ2v) is 5.32. The Kier molecular flexibility index (Phi) is 5.27. The van der Waals surface area contributed by atoms with Crippen LogP contribution in [-0.4, -0.2) is 18.9 Å². The molecule has 0 aliphatic heterocycles. The molecule has 0 unspecified atom stereocenters. The summed E-state index contributed by atoms with van der Waals surface area (Å²) in [7, 11) is 1.12. The molecule has 0 aliphatic carbocycles. The third kappa shape index (κ3) is 3.51. The van der Waals surface area contributed by atoms with Crippen LogP contribution < -0.4 is 0 Å². The van der Waals surface area contributed by atoms with Crippen LogP contribution in [0.5, 0.6) is 0 Å². The van der Waals surface area contributed by atoms with Gasteiger partial charge < -0.3 is 4.74 Å². The van der Waals surface area contributed by atoms with E-state index in [2.05, 4.69) is 4.74 Å². The van der Waals surface area contributed by atoms with Gasteiger partial charge in [0.25, 0.3) is 5.78 Å². The zero-order chi connectivity index (χ0) is 16.1. The summed E-state index contributed by atoms with van der Waals surface area (Å²) in [6.45, 7) is 0. The van der Waals surface area contributed by atoms with Crippen LogP contribution in [0.1, 0.15) is 15.9 Å². The molecular weight excluding hydrogens is 310 g/mol. The summed E-state index contributed by atoms with van der Waals surface area (Å²) >= 11 is 1.08. The zero-order valence-corrected chi connectivity index (χ0v) is 12.5. The number of halogens is 2. The molecular formula is C16H12F2O3S. The minimum Gasteiger partial charge on any atom is -0.463 e. The fourth-order valence-corrected chi connectivity index (χ4v) is 2.87. The van der Waals surface area contributed by atoms with Gasteiger partial charge in [-0.1, -0.05) is 18.2 Å². The van der Waals surface area contributed by atoms with E-state index in [1.165, 1.54) is 24.3 Å². The van der Waals surface area contributed by atoms with Crippen molar-refractivity contribution in [3.63, 3.8) is 0 Å². The zero-order valence-electron chi connectivity index (χ0n) is 11.6. The summed E-state index contributed by atoms with van der Waals surface area (Å²) in [6, 6.07) is 9.99. The van der Waals surface area contributed by atoms with E-state index in [0.717, 1.165) is 18.9 Å². The summed E-state index contributed by atoms with van der Waals surface area (Å²) in [5.41, 5.74) is 0.0731. The lowest BCUT2D eigenvalue weighted by atomic mass is 10.1. The fraction of sp³-hybridized carbons (Fsp3) is 0.125. The number of esters is 1. The molecule has 0 aromatic heterocycles.